The zero-order valence-electron chi connectivity index (χ0n) is 12.7. The molecule has 0 atom stereocenters. The van der Waals surface area contributed by atoms with Crippen molar-refractivity contribution in [2.75, 3.05) is 13.1 Å². The molecular weight excluding hydrogens is 334 g/mol. The predicted octanol–water partition coefficient (Wildman–Crippen LogP) is 3.74. The number of aryl methyl sites for hydroxylation is 1. The highest BCUT2D eigenvalue weighted by atomic mass is 79.9. The summed E-state index contributed by atoms with van der Waals surface area (Å²) in [6.07, 6.45) is 0. The summed E-state index contributed by atoms with van der Waals surface area (Å²) < 4.78 is 6.67. The van der Waals surface area contributed by atoms with Crippen LogP contribution >= 0.6 is 15.9 Å². The van der Waals surface area contributed by atoms with Gasteiger partial charge in [0.05, 0.1) is 5.60 Å². The van der Waals surface area contributed by atoms with Gasteiger partial charge < -0.3 is 14.4 Å². The van der Waals surface area contributed by atoms with Crippen molar-refractivity contribution in [1.29, 1.82) is 0 Å². The third-order valence-corrected chi connectivity index (χ3v) is 3.83. The Hall–Kier alpha value is -1.33. The van der Waals surface area contributed by atoms with Crippen molar-refractivity contribution in [3.05, 3.63) is 34.0 Å². The van der Waals surface area contributed by atoms with Crippen LogP contribution in [0, 0.1) is 6.92 Å². The van der Waals surface area contributed by atoms with E-state index in [4.69, 9.17) is 4.42 Å². The first kappa shape index (κ1) is 16.0. The first-order valence-electron chi connectivity index (χ1n) is 6.93. The lowest BCUT2D eigenvalue weighted by Crippen LogP contribution is -2.42. The summed E-state index contributed by atoms with van der Waals surface area (Å²) in [6.45, 7) is 7.92. The number of hydrogen-bond acceptors (Lipinski definition) is 3. The average Bonchev–Trinajstić information content (AvgIpc) is 2.71. The lowest BCUT2D eigenvalue weighted by atomic mass is 10.1. The van der Waals surface area contributed by atoms with Crippen LogP contribution in [0.3, 0.4) is 0 Å². The molecule has 1 heterocycles. The summed E-state index contributed by atoms with van der Waals surface area (Å²) in [6, 6.07) is 5.67. The lowest BCUT2D eigenvalue weighted by molar-refractivity contribution is 0.0299. The fraction of sp³-hybridized carbons (Fsp3) is 0.438. The van der Waals surface area contributed by atoms with Gasteiger partial charge in [0.1, 0.15) is 5.58 Å². The molecule has 1 aromatic heterocycles. The van der Waals surface area contributed by atoms with Gasteiger partial charge >= 0.3 is 0 Å². The van der Waals surface area contributed by atoms with Crippen LogP contribution in [0.5, 0.6) is 0 Å². The summed E-state index contributed by atoms with van der Waals surface area (Å²) >= 11 is 3.43. The van der Waals surface area contributed by atoms with Gasteiger partial charge in [-0.3, -0.25) is 4.79 Å². The third-order valence-electron chi connectivity index (χ3n) is 3.34. The van der Waals surface area contributed by atoms with E-state index in [-0.39, 0.29) is 12.5 Å². The zero-order chi connectivity index (χ0) is 15.8. The quantitative estimate of drug-likeness (QED) is 0.910. The van der Waals surface area contributed by atoms with E-state index >= 15 is 0 Å². The second kappa shape index (κ2) is 5.81. The minimum Gasteiger partial charge on any atom is -0.451 e. The number of hydrogen-bond donors (Lipinski definition) is 1. The smallest absolute Gasteiger partial charge is 0.289 e. The Morgan fingerprint density at radius 3 is 2.67 bits per heavy atom. The lowest BCUT2D eigenvalue weighted by Gasteiger charge is -2.27. The van der Waals surface area contributed by atoms with Crippen LogP contribution < -0.4 is 0 Å². The van der Waals surface area contributed by atoms with E-state index < -0.39 is 5.60 Å². The molecule has 0 aliphatic rings. The highest BCUT2D eigenvalue weighted by Crippen LogP contribution is 2.29. The van der Waals surface area contributed by atoms with E-state index in [0.29, 0.717) is 17.9 Å². The van der Waals surface area contributed by atoms with Gasteiger partial charge in [-0.15, -0.1) is 0 Å². The molecule has 2 aromatic rings. The maximum absolute atomic E-state index is 12.6. The number of halogens is 1. The number of fused-ring (bicyclic) bond motifs is 1. The fourth-order valence-corrected chi connectivity index (χ4v) is 2.70. The van der Waals surface area contributed by atoms with Gasteiger partial charge in [-0.05, 0) is 45.9 Å². The summed E-state index contributed by atoms with van der Waals surface area (Å²) in [4.78, 5) is 14.2. The summed E-state index contributed by atoms with van der Waals surface area (Å²) in [7, 11) is 0. The molecule has 0 aliphatic heterocycles. The van der Waals surface area contributed by atoms with Gasteiger partial charge in [0, 0.05) is 28.5 Å². The molecule has 0 unspecified atom stereocenters. The van der Waals surface area contributed by atoms with E-state index in [1.807, 2.05) is 32.0 Å². The molecule has 2 rings (SSSR count). The fourth-order valence-electron chi connectivity index (χ4n) is 2.34. The van der Waals surface area contributed by atoms with Gasteiger partial charge in [0.15, 0.2) is 5.76 Å². The van der Waals surface area contributed by atoms with Crippen LogP contribution in [0.15, 0.2) is 27.1 Å². The molecule has 1 amide bonds. The van der Waals surface area contributed by atoms with Crippen LogP contribution in [0.25, 0.3) is 11.0 Å². The molecule has 0 spiro atoms. The largest absolute Gasteiger partial charge is 0.451 e. The van der Waals surface area contributed by atoms with Crippen molar-refractivity contribution in [3.63, 3.8) is 0 Å². The average molecular weight is 354 g/mol. The molecule has 4 nitrogen and oxygen atoms in total. The number of likely N-dealkylation sites (N-methyl/N-ethyl adjacent to an activating group) is 1. The van der Waals surface area contributed by atoms with Gasteiger partial charge in [-0.25, -0.2) is 0 Å². The first-order chi connectivity index (χ1) is 9.73. The van der Waals surface area contributed by atoms with Gasteiger partial charge in [-0.1, -0.05) is 15.9 Å². The number of carbonyl (C=O) groups is 1. The molecule has 0 radical (unpaired) electrons. The SMILES string of the molecule is CCN(CC(C)(C)O)C(=O)c1oc2ccc(Br)cc2c1C. The Bertz CT molecular complexity index is 670. The van der Waals surface area contributed by atoms with E-state index in [9.17, 15) is 9.90 Å². The van der Waals surface area contributed by atoms with Crippen molar-refractivity contribution in [1.82, 2.24) is 4.90 Å². The van der Waals surface area contributed by atoms with E-state index in [0.717, 1.165) is 15.4 Å². The summed E-state index contributed by atoms with van der Waals surface area (Å²) in [5.74, 6) is 0.152. The first-order valence-corrected chi connectivity index (χ1v) is 7.72. The zero-order valence-corrected chi connectivity index (χ0v) is 14.3. The van der Waals surface area contributed by atoms with Crippen molar-refractivity contribution >= 4 is 32.8 Å². The van der Waals surface area contributed by atoms with Crippen molar-refractivity contribution in [2.45, 2.75) is 33.3 Å². The Morgan fingerprint density at radius 1 is 1.43 bits per heavy atom. The van der Waals surface area contributed by atoms with E-state index in [1.54, 1.807) is 18.7 Å². The number of aliphatic hydroxyl groups is 1. The highest BCUT2D eigenvalue weighted by Gasteiger charge is 2.26. The van der Waals surface area contributed by atoms with Gasteiger partial charge in [-0.2, -0.15) is 0 Å². The van der Waals surface area contributed by atoms with Crippen molar-refractivity contribution in [3.8, 4) is 0 Å². The van der Waals surface area contributed by atoms with Crippen LogP contribution in [0.1, 0.15) is 36.9 Å². The second-order valence-electron chi connectivity index (χ2n) is 5.83. The highest BCUT2D eigenvalue weighted by molar-refractivity contribution is 9.10. The third kappa shape index (κ3) is 3.47. The topological polar surface area (TPSA) is 53.7 Å². The number of rotatable bonds is 4. The normalized spacial score (nSPS) is 11.9. The Kier molecular flexibility index (Phi) is 4.44. The maximum atomic E-state index is 12.6. The van der Waals surface area contributed by atoms with Crippen molar-refractivity contribution < 1.29 is 14.3 Å². The van der Waals surface area contributed by atoms with Crippen molar-refractivity contribution in [2.24, 2.45) is 0 Å². The van der Waals surface area contributed by atoms with Crippen LogP contribution in [-0.4, -0.2) is 34.6 Å². The summed E-state index contributed by atoms with van der Waals surface area (Å²) in [5.41, 5.74) is 0.582. The molecule has 0 fully saturated rings. The molecule has 0 saturated heterocycles. The van der Waals surface area contributed by atoms with Crippen LogP contribution in [0.2, 0.25) is 0 Å². The minimum atomic E-state index is -0.936. The Morgan fingerprint density at radius 2 is 2.10 bits per heavy atom. The molecule has 5 heteroatoms. The maximum Gasteiger partial charge on any atom is 0.289 e. The molecule has 0 saturated carbocycles. The summed E-state index contributed by atoms with van der Waals surface area (Å²) in [5, 5.41) is 10.9. The molecular formula is C16H20BrNO3. The van der Waals surface area contributed by atoms with Crippen LogP contribution in [0.4, 0.5) is 0 Å². The molecule has 1 aromatic carbocycles. The molecule has 0 aliphatic carbocycles. The van der Waals surface area contributed by atoms with E-state index in [1.165, 1.54) is 0 Å². The number of benzene rings is 1. The predicted molar refractivity (Wildman–Crippen MR) is 86.5 cm³/mol. The van der Waals surface area contributed by atoms with Gasteiger partial charge in [0.2, 0.25) is 0 Å². The molecule has 21 heavy (non-hydrogen) atoms. The second-order valence-corrected chi connectivity index (χ2v) is 6.74. The number of carbonyl (C=O) groups excluding carboxylic acids is 1. The standard InChI is InChI=1S/C16H20BrNO3/c1-5-18(9-16(3,4)20)15(19)14-10(2)12-8-11(17)6-7-13(12)21-14/h6-8,20H,5,9H2,1-4H3. The molecule has 114 valence electrons. The number of furan rings is 1. The van der Waals surface area contributed by atoms with Crippen LogP contribution in [-0.2, 0) is 0 Å². The number of amides is 1. The monoisotopic (exact) mass is 353 g/mol. The van der Waals surface area contributed by atoms with Gasteiger partial charge in [0.25, 0.3) is 5.91 Å². The number of nitrogens with zero attached hydrogens (tertiary/aromatic N) is 1. The Labute approximate surface area is 132 Å². The molecule has 1 N–H and O–H groups in total. The van der Waals surface area contributed by atoms with E-state index in [2.05, 4.69) is 15.9 Å². The minimum absolute atomic E-state index is 0.190. The molecule has 0 bridgehead atoms. The Balaban J connectivity index is 2.40.